The number of carbonyl (C=O) groups excluding carboxylic acids is 1. The van der Waals surface area contributed by atoms with Gasteiger partial charge in [-0.1, -0.05) is 84.0 Å². The van der Waals surface area contributed by atoms with Crippen molar-refractivity contribution < 1.29 is 13.6 Å². The van der Waals surface area contributed by atoms with E-state index in [-0.39, 0.29) is 0 Å². The van der Waals surface area contributed by atoms with Gasteiger partial charge in [0.05, 0.1) is 0 Å². The van der Waals surface area contributed by atoms with Crippen molar-refractivity contribution in [3.8, 4) is 0 Å². The number of hydrogen-bond donors (Lipinski definition) is 2. The van der Waals surface area contributed by atoms with E-state index < -0.39 is 21.4 Å². The van der Waals surface area contributed by atoms with Crippen molar-refractivity contribution in [3.63, 3.8) is 0 Å². The molecule has 21 heavy (non-hydrogen) atoms. The molecule has 5 heteroatoms. The summed E-state index contributed by atoms with van der Waals surface area (Å²) in [6, 6.07) is 0. The van der Waals surface area contributed by atoms with Crippen LogP contribution in [0.5, 0.6) is 0 Å². The van der Waals surface area contributed by atoms with Crippen LogP contribution in [0, 0.1) is 0 Å². The minimum absolute atomic E-state index is 0.473. The van der Waals surface area contributed by atoms with Crippen molar-refractivity contribution >= 4 is 28.8 Å². The van der Waals surface area contributed by atoms with E-state index in [1.54, 1.807) is 0 Å². The van der Waals surface area contributed by atoms with Crippen LogP contribution in [0.4, 0.5) is 0 Å². The maximum absolute atomic E-state index is 11.0. The Morgan fingerprint density at radius 2 is 1.29 bits per heavy atom. The molecule has 1 N–H and O–H groups in total. The molecule has 3 nitrogen and oxygen atoms in total. The Bertz CT molecular complexity index is 269. The van der Waals surface area contributed by atoms with Crippen molar-refractivity contribution in [1.82, 2.24) is 0 Å². The fraction of sp³-hybridized carbons (Fsp3) is 0.938. The van der Waals surface area contributed by atoms with Gasteiger partial charge in [0.1, 0.15) is 5.25 Å². The Balaban J connectivity index is 3.29. The van der Waals surface area contributed by atoms with Gasteiger partial charge in [-0.15, -0.1) is 12.6 Å². The molecular weight excluding hydrogens is 304 g/mol. The highest BCUT2D eigenvalue weighted by Gasteiger charge is 2.20. The van der Waals surface area contributed by atoms with Crippen LogP contribution in [0.15, 0.2) is 0 Å². The zero-order chi connectivity index (χ0) is 15.9. The molecule has 0 spiro atoms. The van der Waals surface area contributed by atoms with E-state index in [9.17, 15) is 9.00 Å². The van der Waals surface area contributed by atoms with Crippen molar-refractivity contribution in [2.24, 2.45) is 0 Å². The molecule has 0 aliphatic carbocycles. The number of carbonyl (C=O) groups is 1. The van der Waals surface area contributed by atoms with Crippen molar-refractivity contribution in [2.45, 2.75) is 95.6 Å². The first-order valence-corrected chi connectivity index (χ1v) is 10.0. The van der Waals surface area contributed by atoms with E-state index in [4.69, 9.17) is 4.55 Å². The van der Waals surface area contributed by atoms with Gasteiger partial charge in [-0.25, -0.2) is 4.21 Å². The maximum Gasteiger partial charge on any atom is 0.203 e. The predicted molar refractivity (Wildman–Crippen MR) is 94.2 cm³/mol. The number of unbranched alkanes of at least 4 members (excludes halogenated alkanes) is 11. The normalized spacial score (nSPS) is 14.0. The van der Waals surface area contributed by atoms with Crippen LogP contribution in [-0.2, 0) is 15.9 Å². The van der Waals surface area contributed by atoms with Gasteiger partial charge in [-0.3, -0.25) is 4.79 Å². The molecule has 0 saturated heterocycles. The molecule has 0 saturated carbocycles. The first kappa shape index (κ1) is 21.1. The van der Waals surface area contributed by atoms with E-state index in [2.05, 4.69) is 19.6 Å². The quantitative estimate of drug-likeness (QED) is 0.248. The third-order valence-electron chi connectivity index (χ3n) is 3.84. The van der Waals surface area contributed by atoms with E-state index in [0.717, 1.165) is 19.3 Å². The molecule has 0 aliphatic heterocycles. The highest BCUT2D eigenvalue weighted by molar-refractivity contribution is 7.99. The fourth-order valence-corrected chi connectivity index (χ4v) is 3.42. The van der Waals surface area contributed by atoms with Crippen LogP contribution in [0.3, 0.4) is 0 Å². The molecule has 0 aliphatic rings. The summed E-state index contributed by atoms with van der Waals surface area (Å²) in [4.78, 5) is 11.0. The second-order valence-corrected chi connectivity index (χ2v) is 7.34. The summed E-state index contributed by atoms with van der Waals surface area (Å²) < 4.78 is 19.9. The molecule has 0 aromatic heterocycles. The molecule has 0 amide bonds. The van der Waals surface area contributed by atoms with Crippen LogP contribution in [0.2, 0.25) is 0 Å². The lowest BCUT2D eigenvalue weighted by Gasteiger charge is -2.08. The van der Waals surface area contributed by atoms with Crippen LogP contribution in [0.1, 0.15) is 90.4 Å². The second kappa shape index (κ2) is 15.0. The molecule has 0 heterocycles. The minimum atomic E-state index is -2.07. The zero-order valence-electron chi connectivity index (χ0n) is 13.4. The van der Waals surface area contributed by atoms with Gasteiger partial charge >= 0.3 is 0 Å². The highest BCUT2D eigenvalue weighted by atomic mass is 32.2. The lowest BCUT2D eigenvalue weighted by molar-refractivity contribution is -0.110. The molecule has 0 bridgehead atoms. The van der Waals surface area contributed by atoms with Gasteiger partial charge in [-0.05, 0) is 6.42 Å². The number of rotatable bonds is 15. The van der Waals surface area contributed by atoms with Crippen molar-refractivity contribution in [2.75, 3.05) is 0 Å². The Kier molecular flexibility index (Phi) is 15.1. The van der Waals surface area contributed by atoms with E-state index in [1.807, 2.05) is 0 Å². The van der Waals surface area contributed by atoms with Gasteiger partial charge in [-0.2, -0.15) is 0 Å². The van der Waals surface area contributed by atoms with Crippen LogP contribution in [-0.4, -0.2) is 19.1 Å². The average molecular weight is 337 g/mol. The molecule has 0 aromatic rings. The molecule has 2 unspecified atom stereocenters. The van der Waals surface area contributed by atoms with Crippen LogP contribution in [0.25, 0.3) is 0 Å². The first-order chi connectivity index (χ1) is 10.1. The molecule has 0 radical (unpaired) electrons. The number of hydrogen-bond acceptors (Lipinski definition) is 2. The predicted octanol–water partition coefficient (Wildman–Crippen LogP) is 5.12. The highest BCUT2D eigenvalue weighted by Crippen LogP contribution is 2.14. The van der Waals surface area contributed by atoms with E-state index in [1.165, 1.54) is 57.8 Å². The molecule has 0 rings (SSSR count). The third-order valence-corrected chi connectivity index (χ3v) is 5.26. The van der Waals surface area contributed by atoms with Gasteiger partial charge in [0, 0.05) is 0 Å². The Hall–Kier alpha value is 0.130. The smallest absolute Gasteiger partial charge is 0.203 e. The lowest BCUT2D eigenvalue weighted by Crippen LogP contribution is -2.21. The lowest BCUT2D eigenvalue weighted by atomic mass is 10.0. The summed E-state index contributed by atoms with van der Waals surface area (Å²) in [6.45, 7) is 2.24. The largest absolute Gasteiger partial charge is 0.306 e. The summed E-state index contributed by atoms with van der Waals surface area (Å²) in [5.41, 5.74) is 0. The molecule has 0 aromatic carbocycles. The SMILES string of the molecule is CCCCCCCCCCCCCCC(C(=O)S)S(=O)O. The summed E-state index contributed by atoms with van der Waals surface area (Å²) in [6.07, 6.45) is 15.5. The fourth-order valence-electron chi connectivity index (χ4n) is 2.48. The Morgan fingerprint density at radius 1 is 0.905 bits per heavy atom. The molecular formula is C16H32O3S2. The van der Waals surface area contributed by atoms with Gasteiger partial charge in [0.25, 0.3) is 0 Å². The zero-order valence-corrected chi connectivity index (χ0v) is 15.1. The summed E-state index contributed by atoms with van der Waals surface area (Å²) in [5, 5.41) is -1.28. The van der Waals surface area contributed by atoms with Crippen LogP contribution >= 0.6 is 12.6 Å². The molecule has 0 fully saturated rings. The minimum Gasteiger partial charge on any atom is -0.306 e. The van der Waals surface area contributed by atoms with Crippen LogP contribution < -0.4 is 0 Å². The van der Waals surface area contributed by atoms with Gasteiger partial charge in [0.15, 0.2) is 11.1 Å². The Labute approximate surface area is 138 Å². The van der Waals surface area contributed by atoms with Gasteiger partial charge in [0.2, 0.25) is 5.12 Å². The van der Waals surface area contributed by atoms with Gasteiger partial charge < -0.3 is 4.55 Å². The third kappa shape index (κ3) is 13.5. The average Bonchev–Trinajstić information content (AvgIpc) is 2.43. The monoisotopic (exact) mass is 336 g/mol. The topological polar surface area (TPSA) is 54.4 Å². The number of thiol groups is 1. The standard InChI is InChI=1S/C16H32O3S2/c1-2-3-4-5-6-7-8-9-10-11-12-13-14-15(16(17)20)21(18)19/h15H,2-14H2,1H3,(H,17,20)(H,18,19). The summed E-state index contributed by atoms with van der Waals surface area (Å²) in [5.74, 6) is 0. The summed E-state index contributed by atoms with van der Waals surface area (Å²) in [7, 11) is 0. The Morgan fingerprint density at radius 3 is 1.62 bits per heavy atom. The summed E-state index contributed by atoms with van der Waals surface area (Å²) >= 11 is 1.58. The molecule has 126 valence electrons. The van der Waals surface area contributed by atoms with Crippen molar-refractivity contribution in [3.05, 3.63) is 0 Å². The first-order valence-electron chi connectivity index (χ1n) is 8.42. The second-order valence-electron chi connectivity index (χ2n) is 5.78. The molecule has 2 atom stereocenters. The van der Waals surface area contributed by atoms with E-state index in [0.29, 0.717) is 6.42 Å². The van der Waals surface area contributed by atoms with Crippen molar-refractivity contribution in [1.29, 1.82) is 0 Å². The maximum atomic E-state index is 11.0. The van der Waals surface area contributed by atoms with E-state index >= 15 is 0 Å².